The number of aliphatic carboxylic acids is 2. The molecule has 0 radical (unpaired) electrons. The molecule has 30 heteroatoms. The first-order valence-electron chi connectivity index (χ1n) is 32.2. The number of Topliss-reactive ketones (excluding diaryl/α,β-unsaturated/α-hetero) is 2. The second-order valence-electron chi connectivity index (χ2n) is 25.5. The molecule has 28 nitrogen and oxygen atoms in total. The molecule has 0 saturated carbocycles. The van der Waals surface area contributed by atoms with Crippen LogP contribution in [0.15, 0.2) is 18.2 Å². The third kappa shape index (κ3) is 29.7. The van der Waals surface area contributed by atoms with Crippen LogP contribution in [0.25, 0.3) is 0 Å². The second-order valence-corrected chi connectivity index (χ2v) is 28.1. The fraction of sp³-hybridized carbons (Fsp3) is 0.714. The monoisotopic (exact) mass is 1350 g/mol. The molecule has 93 heavy (non-hydrogen) atoms. The van der Waals surface area contributed by atoms with E-state index in [0.717, 1.165) is 42.8 Å². The molecule has 8 atom stereocenters. The predicted octanol–water partition coefficient (Wildman–Crippen LogP) is 2.66. The van der Waals surface area contributed by atoms with E-state index in [0.29, 0.717) is 36.8 Å². The lowest BCUT2D eigenvalue weighted by molar-refractivity contribution is -0.143. The Kier molecular flexibility index (Phi) is 33.1. The number of carboxylic acid groups (broad SMARTS) is 2. The largest absolute Gasteiger partial charge is 0.480 e. The maximum Gasteiger partial charge on any atom is 0.326 e. The lowest BCUT2D eigenvalue weighted by Crippen LogP contribution is -2.44. The van der Waals surface area contributed by atoms with Gasteiger partial charge in [0.15, 0.2) is 11.6 Å². The average molecular weight is 1350 g/mol. The maximum absolute atomic E-state index is 13.6. The van der Waals surface area contributed by atoms with E-state index in [1.165, 1.54) is 0 Å². The van der Waals surface area contributed by atoms with Crippen molar-refractivity contribution in [1.29, 1.82) is 0 Å². The number of rotatable bonds is 48. The number of ether oxygens (including phenoxy) is 4. The number of urea groups is 2. The highest BCUT2D eigenvalue weighted by atomic mass is 32.2. The molecule has 4 aliphatic rings. The van der Waals surface area contributed by atoms with Gasteiger partial charge in [-0.2, -0.15) is 23.5 Å². The number of carbonyl (C=O) groups excluding carboxylic acids is 10. The summed E-state index contributed by atoms with van der Waals surface area (Å²) in [5, 5.41) is 47.0. The van der Waals surface area contributed by atoms with Crippen LogP contribution in [0, 0.1) is 17.8 Å². The fourth-order valence-corrected chi connectivity index (χ4v) is 14.2. The molecular weight excluding hydrogens is 1250 g/mol. The number of unbranched alkanes of at least 4 members (excludes halogenated alkanes) is 2. The van der Waals surface area contributed by atoms with Crippen LogP contribution in [-0.4, -0.2) is 219 Å². The molecule has 4 heterocycles. The Labute approximate surface area is 552 Å². The van der Waals surface area contributed by atoms with Crippen molar-refractivity contribution in [3.05, 3.63) is 34.9 Å². The van der Waals surface area contributed by atoms with E-state index in [1.807, 2.05) is 34.6 Å². The first kappa shape index (κ1) is 77.1. The average Bonchev–Trinajstić information content (AvgIpc) is 1.71. The van der Waals surface area contributed by atoms with Gasteiger partial charge in [0.2, 0.25) is 35.4 Å². The third-order valence-corrected chi connectivity index (χ3v) is 19.3. The highest BCUT2D eigenvalue weighted by Gasteiger charge is 2.44. The molecule has 10 amide bonds. The topological polar surface area (TPSA) is 403 Å². The second kappa shape index (κ2) is 39.9. The number of carbonyl (C=O) groups is 12. The summed E-state index contributed by atoms with van der Waals surface area (Å²) in [6, 6.07) is 2.43. The Morgan fingerprint density at radius 1 is 0.495 bits per heavy atom. The van der Waals surface area contributed by atoms with Gasteiger partial charge in [-0.3, -0.25) is 38.4 Å². The number of hydrogen-bond donors (Lipinski definition) is 12. The van der Waals surface area contributed by atoms with E-state index in [2.05, 4.69) is 53.2 Å². The summed E-state index contributed by atoms with van der Waals surface area (Å²) in [6.45, 7) is 11.8. The van der Waals surface area contributed by atoms with Gasteiger partial charge < -0.3 is 82.3 Å². The highest BCUT2D eigenvalue weighted by Crippen LogP contribution is 2.35. The van der Waals surface area contributed by atoms with Crippen molar-refractivity contribution in [1.82, 2.24) is 53.2 Å². The van der Waals surface area contributed by atoms with Gasteiger partial charge in [-0.15, -0.1) is 0 Å². The summed E-state index contributed by atoms with van der Waals surface area (Å²) in [4.78, 5) is 149. The summed E-state index contributed by atoms with van der Waals surface area (Å²) >= 11 is 3.57. The highest BCUT2D eigenvalue weighted by molar-refractivity contribution is 8.00. The smallest absolute Gasteiger partial charge is 0.326 e. The third-order valence-electron chi connectivity index (χ3n) is 16.3. The van der Waals surface area contributed by atoms with Gasteiger partial charge >= 0.3 is 24.0 Å². The summed E-state index contributed by atoms with van der Waals surface area (Å²) in [5.41, 5.74) is 0.494. The minimum Gasteiger partial charge on any atom is -0.480 e. The van der Waals surface area contributed by atoms with E-state index in [9.17, 15) is 67.7 Å². The Morgan fingerprint density at radius 2 is 0.849 bits per heavy atom. The molecule has 0 spiro atoms. The van der Waals surface area contributed by atoms with Crippen LogP contribution in [0.5, 0.6) is 0 Å². The van der Waals surface area contributed by atoms with Crippen LogP contribution in [-0.2, 0) is 57.3 Å². The van der Waals surface area contributed by atoms with Crippen LogP contribution < -0.4 is 53.2 Å². The molecule has 4 aliphatic heterocycles. The fourth-order valence-electron chi connectivity index (χ4n) is 11.1. The molecule has 5 rings (SSSR count). The van der Waals surface area contributed by atoms with Crippen LogP contribution in [0.3, 0.4) is 0 Å². The van der Waals surface area contributed by atoms with Crippen LogP contribution in [0.4, 0.5) is 9.59 Å². The van der Waals surface area contributed by atoms with Crippen LogP contribution in [0.2, 0.25) is 0 Å². The number of hydrogen-bond acceptors (Lipinski definition) is 18. The van der Waals surface area contributed by atoms with E-state index < -0.39 is 71.3 Å². The quantitative estimate of drug-likeness (QED) is 0.0253. The van der Waals surface area contributed by atoms with Crippen molar-refractivity contribution in [3.8, 4) is 0 Å². The number of carboxylic acids is 2. The molecule has 0 bridgehead atoms. The van der Waals surface area contributed by atoms with Crippen molar-refractivity contribution in [2.45, 2.75) is 184 Å². The molecule has 520 valence electrons. The zero-order valence-electron chi connectivity index (χ0n) is 54.3. The Hall–Kier alpha value is -6.60. The number of nitrogens with one attached hydrogen (secondary N) is 10. The van der Waals surface area contributed by atoms with Gasteiger partial charge in [-0.25, -0.2) is 19.2 Å². The summed E-state index contributed by atoms with van der Waals surface area (Å²) < 4.78 is 22.0. The summed E-state index contributed by atoms with van der Waals surface area (Å²) in [7, 11) is 0. The molecule has 8 unspecified atom stereocenters. The summed E-state index contributed by atoms with van der Waals surface area (Å²) in [6.07, 6.45) is 5.09. The Balaban J connectivity index is 0.826. The number of thioether (sulfide) groups is 2. The standard InChI is InChI=1S/C63H98N10O18S2/c1-39-30-40(46(74)35-62(2,3)16-14-50(76)64-18-22-88-26-28-90-24-20-66-54(80)33-42(58(82)83)68-52(78)12-8-6-10-48-56-44(37-92-48)70-60(86)72-56)32-41(31-39)47(75)36-63(4,5)17-15-51(77)65-19-23-89-27-29-91-25-21-67-55(81)34-43(59(84)85)69-53(79)13-9-7-11-49-57-45(38-93-49)71-61(87)73-57/h30-32,42-45,48-49,56-57H,6-29,33-38H2,1-5H3,(H,64,76)(H,65,77)(H,66,80)(H,67,81)(H,68,78)(H,69,79)(H,82,83)(H,84,85)(H2,70,72,86)(H2,71,73,87). The van der Waals surface area contributed by atoms with Gasteiger partial charge in [0, 0.05) is 97.8 Å². The van der Waals surface area contributed by atoms with Gasteiger partial charge in [0.1, 0.15) is 12.1 Å². The molecule has 1 aromatic rings. The van der Waals surface area contributed by atoms with Gasteiger partial charge in [0.05, 0.1) is 89.9 Å². The molecule has 4 saturated heterocycles. The lowest BCUT2D eigenvalue weighted by Gasteiger charge is -2.24. The SMILES string of the molecule is Cc1cc(C(=O)CC(C)(C)CCC(=O)NCCOCCOCCNC(=O)CC(NC(=O)CCCCC2SCC3NC(=O)NC32)C(=O)O)cc(C(=O)CC(C)(C)CCC(=O)NCCOCCOCCNC(=O)CC(NC(=O)CCCCC2SCC3NC(=O)NC32)C(=O)O)c1. The normalized spacial score (nSPS) is 19.5. The van der Waals surface area contributed by atoms with Gasteiger partial charge in [-0.1, -0.05) is 40.5 Å². The molecule has 0 aliphatic carbocycles. The molecule has 1 aromatic carbocycles. The van der Waals surface area contributed by atoms with Crippen molar-refractivity contribution < 1.29 is 86.7 Å². The van der Waals surface area contributed by atoms with Crippen molar-refractivity contribution >= 4 is 94.5 Å². The van der Waals surface area contributed by atoms with E-state index in [-0.39, 0.29) is 188 Å². The predicted molar refractivity (Wildman–Crippen MR) is 347 cm³/mol. The zero-order chi connectivity index (χ0) is 67.9. The van der Waals surface area contributed by atoms with Crippen molar-refractivity contribution in [3.63, 3.8) is 0 Å². The Morgan fingerprint density at radius 3 is 1.20 bits per heavy atom. The number of ketones is 2. The molecular formula is C63H98N10O18S2. The minimum absolute atomic E-state index is 0.0749. The molecule has 0 aromatic heterocycles. The first-order valence-corrected chi connectivity index (χ1v) is 34.3. The van der Waals surface area contributed by atoms with Gasteiger partial charge in [-0.05, 0) is 80.0 Å². The number of aryl methyl sites for hydroxylation is 1. The van der Waals surface area contributed by atoms with E-state index >= 15 is 0 Å². The minimum atomic E-state index is -1.37. The van der Waals surface area contributed by atoms with Crippen molar-refractivity contribution in [2.75, 3.05) is 90.5 Å². The Bertz CT molecular complexity index is 2550. The van der Waals surface area contributed by atoms with E-state index in [1.54, 1.807) is 41.7 Å². The number of amides is 10. The molecule has 12 N–H and O–H groups in total. The lowest BCUT2D eigenvalue weighted by atomic mass is 9.80. The maximum atomic E-state index is 13.6. The zero-order valence-corrected chi connectivity index (χ0v) is 55.9. The number of fused-ring (bicyclic) bond motifs is 2. The van der Waals surface area contributed by atoms with Gasteiger partial charge in [0.25, 0.3) is 0 Å². The van der Waals surface area contributed by atoms with Crippen LogP contribution in [0.1, 0.15) is 157 Å². The summed E-state index contributed by atoms with van der Waals surface area (Å²) in [5.74, 6) is -3.67. The van der Waals surface area contributed by atoms with Crippen molar-refractivity contribution in [2.24, 2.45) is 10.8 Å². The molecule has 4 fully saturated rings. The van der Waals surface area contributed by atoms with E-state index in [4.69, 9.17) is 18.9 Å². The van der Waals surface area contributed by atoms with Crippen LogP contribution >= 0.6 is 23.5 Å². The first-order chi connectivity index (χ1) is 44.3. The number of benzene rings is 1.